The number of hydrogen-bond acceptors (Lipinski definition) is 4. The van der Waals surface area contributed by atoms with Gasteiger partial charge in [0.1, 0.15) is 5.54 Å². The molecule has 5 nitrogen and oxygen atoms in total. The predicted molar refractivity (Wildman–Crippen MR) is 93.3 cm³/mol. The molecule has 3 fully saturated rings. The van der Waals surface area contributed by atoms with Crippen molar-refractivity contribution in [3.8, 4) is 0 Å². The van der Waals surface area contributed by atoms with Crippen LogP contribution in [0.25, 0.3) is 0 Å². The number of carbonyl (C=O) groups is 1. The Balaban J connectivity index is 1.57. The van der Waals surface area contributed by atoms with E-state index < -0.39 is 5.54 Å². The Hall–Kier alpha value is -1.10. The molecule has 134 valence electrons. The minimum absolute atomic E-state index is 0.154. The van der Waals surface area contributed by atoms with Crippen molar-refractivity contribution in [1.82, 2.24) is 10.4 Å². The number of hydrogen-bond donors (Lipinski definition) is 1. The number of rotatable bonds is 2. The molecule has 3 atom stereocenters. The van der Waals surface area contributed by atoms with Gasteiger partial charge in [-0.25, -0.2) is 10.4 Å². The number of ether oxygens (including phenoxy) is 1. The van der Waals surface area contributed by atoms with Gasteiger partial charge >= 0.3 is 6.02 Å². The fraction of sp³-hybridized carbons (Fsp3) is 0.895. The number of nitrogens with zero attached hydrogens (tertiary/aromatic N) is 2. The molecule has 3 aliphatic carbocycles. The van der Waals surface area contributed by atoms with Gasteiger partial charge in [0.05, 0.1) is 7.11 Å². The number of nitrogens with one attached hydrogen (secondary N) is 1. The van der Waals surface area contributed by atoms with Crippen molar-refractivity contribution in [3.63, 3.8) is 0 Å². The predicted octanol–water partition coefficient (Wildman–Crippen LogP) is 3.40. The van der Waals surface area contributed by atoms with E-state index in [0.29, 0.717) is 23.9 Å². The molecule has 0 aromatic heterocycles. The summed E-state index contributed by atoms with van der Waals surface area (Å²) in [6.45, 7) is 0. The van der Waals surface area contributed by atoms with Gasteiger partial charge in [0.2, 0.25) is 0 Å². The van der Waals surface area contributed by atoms with Crippen LogP contribution in [0.1, 0.15) is 77.0 Å². The zero-order valence-corrected chi connectivity index (χ0v) is 14.9. The monoisotopic (exact) mass is 333 g/mol. The first-order chi connectivity index (χ1) is 11.7. The van der Waals surface area contributed by atoms with E-state index in [1.165, 1.54) is 44.9 Å². The molecular weight excluding hydrogens is 302 g/mol. The molecule has 3 unspecified atom stereocenters. The Morgan fingerprint density at radius 2 is 1.75 bits per heavy atom. The molecule has 4 aliphatic rings. The molecule has 0 saturated heterocycles. The minimum atomic E-state index is -0.545. The molecule has 1 amide bonds. The Labute approximate surface area is 145 Å². The first-order valence-corrected chi connectivity index (χ1v) is 9.99. The number of amides is 1. The molecule has 0 aromatic carbocycles. The summed E-state index contributed by atoms with van der Waals surface area (Å²) in [5.74, 6) is 1.24. The average Bonchev–Trinajstić information content (AvgIpc) is 2.89. The minimum Gasteiger partial charge on any atom is -0.467 e. The van der Waals surface area contributed by atoms with E-state index in [9.17, 15) is 4.79 Å². The third-order valence-corrected chi connectivity index (χ3v) is 6.81. The molecule has 1 N–H and O–H groups in total. The van der Waals surface area contributed by atoms with Gasteiger partial charge < -0.3 is 4.74 Å². The molecule has 24 heavy (non-hydrogen) atoms. The van der Waals surface area contributed by atoms with E-state index in [1.54, 1.807) is 12.1 Å². The summed E-state index contributed by atoms with van der Waals surface area (Å²) in [6.07, 6.45) is 14.3. The number of carbonyl (C=O) groups excluding carboxylic acids is 1. The lowest BCUT2D eigenvalue weighted by Gasteiger charge is -2.45. The Morgan fingerprint density at radius 1 is 1.04 bits per heavy atom. The molecule has 0 bridgehead atoms. The average molecular weight is 333 g/mol. The summed E-state index contributed by atoms with van der Waals surface area (Å²) in [6, 6.07) is 0.876. The number of methoxy groups -OCH3 is 1. The molecule has 1 spiro atoms. The van der Waals surface area contributed by atoms with Gasteiger partial charge in [-0.3, -0.25) is 4.79 Å². The lowest BCUT2D eigenvalue weighted by Crippen LogP contribution is -2.57. The van der Waals surface area contributed by atoms with Gasteiger partial charge in [-0.05, 0) is 43.9 Å². The van der Waals surface area contributed by atoms with E-state index >= 15 is 0 Å². The second-order valence-corrected chi connectivity index (χ2v) is 8.17. The van der Waals surface area contributed by atoms with E-state index in [0.717, 1.165) is 32.1 Å². The largest absolute Gasteiger partial charge is 0.467 e. The highest BCUT2D eigenvalue weighted by Gasteiger charge is 2.58. The number of amidine groups is 1. The van der Waals surface area contributed by atoms with Crippen molar-refractivity contribution < 1.29 is 9.53 Å². The maximum absolute atomic E-state index is 13.4. The highest BCUT2D eigenvalue weighted by Crippen LogP contribution is 2.50. The molecule has 4 rings (SSSR count). The fourth-order valence-corrected chi connectivity index (χ4v) is 5.62. The van der Waals surface area contributed by atoms with Gasteiger partial charge in [0.25, 0.3) is 5.91 Å². The van der Waals surface area contributed by atoms with Crippen LogP contribution < -0.4 is 5.43 Å². The van der Waals surface area contributed by atoms with Crippen molar-refractivity contribution >= 4 is 11.9 Å². The van der Waals surface area contributed by atoms with Gasteiger partial charge in [-0.15, -0.1) is 0 Å². The maximum atomic E-state index is 13.4. The van der Waals surface area contributed by atoms with Crippen molar-refractivity contribution in [2.75, 3.05) is 7.11 Å². The summed E-state index contributed by atoms with van der Waals surface area (Å²) in [7, 11) is 1.64. The Kier molecular flexibility index (Phi) is 4.54. The Bertz CT molecular complexity index is 513. The molecule has 0 radical (unpaired) electrons. The van der Waals surface area contributed by atoms with Crippen molar-refractivity contribution in [3.05, 3.63) is 0 Å². The van der Waals surface area contributed by atoms with Crippen molar-refractivity contribution in [2.24, 2.45) is 16.8 Å². The molecule has 3 saturated carbocycles. The van der Waals surface area contributed by atoms with Crippen LogP contribution in [-0.2, 0) is 9.53 Å². The second-order valence-electron chi connectivity index (χ2n) is 8.17. The number of hydrazine groups is 1. The Morgan fingerprint density at radius 3 is 2.54 bits per heavy atom. The summed E-state index contributed by atoms with van der Waals surface area (Å²) < 4.78 is 5.54. The topological polar surface area (TPSA) is 53.9 Å². The van der Waals surface area contributed by atoms with Crippen LogP contribution in [0.5, 0.6) is 0 Å². The van der Waals surface area contributed by atoms with Gasteiger partial charge in [0, 0.05) is 6.04 Å². The van der Waals surface area contributed by atoms with E-state index in [2.05, 4.69) is 5.43 Å². The van der Waals surface area contributed by atoms with Crippen LogP contribution in [0, 0.1) is 11.8 Å². The lowest BCUT2D eigenvalue weighted by atomic mass is 9.61. The first-order valence-electron chi connectivity index (χ1n) is 9.99. The van der Waals surface area contributed by atoms with Crippen LogP contribution in [-0.4, -0.2) is 35.6 Å². The number of fused-ring (bicyclic) bond motifs is 2. The highest BCUT2D eigenvalue weighted by molar-refractivity contribution is 6.05. The first kappa shape index (κ1) is 16.4. The molecule has 0 aromatic rings. The van der Waals surface area contributed by atoms with Crippen LogP contribution in [0.15, 0.2) is 4.99 Å². The highest BCUT2D eigenvalue weighted by atomic mass is 16.5. The summed E-state index contributed by atoms with van der Waals surface area (Å²) in [5, 5.41) is 1.67. The van der Waals surface area contributed by atoms with Gasteiger partial charge in [0.15, 0.2) is 0 Å². The summed E-state index contributed by atoms with van der Waals surface area (Å²) >= 11 is 0. The van der Waals surface area contributed by atoms with E-state index in [4.69, 9.17) is 9.73 Å². The number of aliphatic imine (C=N–C) groups is 1. The SMILES string of the molecule is COC1=NC2(CCCC3CCCCC32)C(=O)N1NC1CCCCC1. The fourth-order valence-electron chi connectivity index (χ4n) is 5.62. The van der Waals surface area contributed by atoms with Crippen LogP contribution in [0.2, 0.25) is 0 Å². The van der Waals surface area contributed by atoms with Crippen molar-refractivity contribution in [2.45, 2.75) is 88.6 Å². The lowest BCUT2D eigenvalue weighted by molar-refractivity contribution is -0.139. The quantitative estimate of drug-likeness (QED) is 0.842. The molecule has 5 heteroatoms. The molecule has 1 heterocycles. The van der Waals surface area contributed by atoms with Crippen LogP contribution >= 0.6 is 0 Å². The standard InChI is InChI=1S/C19H31N3O2/c1-24-18-20-19(13-7-9-14-8-5-6-12-16(14)19)17(23)22(18)21-15-10-3-2-4-11-15/h14-16,21H,2-13H2,1H3. The van der Waals surface area contributed by atoms with Crippen LogP contribution in [0.4, 0.5) is 0 Å². The smallest absolute Gasteiger partial charge is 0.310 e. The van der Waals surface area contributed by atoms with E-state index in [1.807, 2.05) is 0 Å². The normalized spacial score (nSPS) is 37.5. The summed E-state index contributed by atoms with van der Waals surface area (Å²) in [4.78, 5) is 18.4. The van der Waals surface area contributed by atoms with E-state index in [-0.39, 0.29) is 5.91 Å². The molecular formula is C19H31N3O2. The van der Waals surface area contributed by atoms with Gasteiger partial charge in [-0.1, -0.05) is 44.9 Å². The third kappa shape index (κ3) is 2.65. The zero-order valence-electron chi connectivity index (χ0n) is 14.9. The third-order valence-electron chi connectivity index (χ3n) is 6.81. The van der Waals surface area contributed by atoms with Gasteiger partial charge in [-0.2, -0.15) is 5.01 Å². The zero-order chi connectivity index (χ0) is 16.6. The van der Waals surface area contributed by atoms with Crippen molar-refractivity contribution in [1.29, 1.82) is 0 Å². The summed E-state index contributed by atoms with van der Waals surface area (Å²) in [5.41, 5.74) is 2.92. The second kappa shape index (κ2) is 6.66. The van der Waals surface area contributed by atoms with Crippen LogP contribution in [0.3, 0.4) is 0 Å². The maximum Gasteiger partial charge on any atom is 0.310 e. The molecule has 1 aliphatic heterocycles.